The number of halogens is 1. The van der Waals surface area contributed by atoms with E-state index >= 15 is 0 Å². The van der Waals surface area contributed by atoms with Gasteiger partial charge in [0, 0.05) is 0 Å². The van der Waals surface area contributed by atoms with E-state index < -0.39 is 0 Å². The van der Waals surface area contributed by atoms with Crippen molar-refractivity contribution in [1.29, 1.82) is 0 Å². The summed E-state index contributed by atoms with van der Waals surface area (Å²) < 4.78 is 6.40. The van der Waals surface area contributed by atoms with Crippen molar-refractivity contribution < 1.29 is 9.53 Å². The van der Waals surface area contributed by atoms with Crippen molar-refractivity contribution >= 4 is 38.3 Å². The second kappa shape index (κ2) is 8.82. The number of hydrogen-bond donors (Lipinski definition) is 1. The van der Waals surface area contributed by atoms with Crippen molar-refractivity contribution in [2.45, 2.75) is 20.3 Å². The third-order valence-electron chi connectivity index (χ3n) is 4.28. The minimum atomic E-state index is -0.304. The van der Waals surface area contributed by atoms with Gasteiger partial charge in [-0.25, -0.2) is 5.43 Å². The second-order valence-electron chi connectivity index (χ2n) is 6.20. The van der Waals surface area contributed by atoms with E-state index in [-0.39, 0.29) is 12.5 Å². The molecule has 1 amide bonds. The number of ether oxygens (including phenoxy) is 1. The topological polar surface area (TPSA) is 50.7 Å². The van der Waals surface area contributed by atoms with Crippen LogP contribution in [-0.2, 0) is 11.2 Å². The van der Waals surface area contributed by atoms with Crippen molar-refractivity contribution in [1.82, 2.24) is 5.43 Å². The van der Waals surface area contributed by atoms with Crippen molar-refractivity contribution in [3.63, 3.8) is 0 Å². The van der Waals surface area contributed by atoms with E-state index in [9.17, 15) is 4.79 Å². The number of hydrazone groups is 1. The number of nitrogens with zero attached hydrogens (tertiary/aromatic N) is 1. The predicted molar refractivity (Wildman–Crippen MR) is 113 cm³/mol. The third-order valence-corrected chi connectivity index (χ3v) is 4.90. The standard InChI is InChI=1S/C22H21BrN2O2/c1-3-16-8-11-21(20(23)12-16)27-14-22(26)25-24-15(2)18-10-9-17-6-4-5-7-19(17)13-18/h4-13H,3,14H2,1-2H3,(H,25,26)/b24-15+. The van der Waals surface area contributed by atoms with Crippen LogP contribution in [0, 0.1) is 0 Å². The summed E-state index contributed by atoms with van der Waals surface area (Å²) in [5.41, 5.74) is 5.46. The van der Waals surface area contributed by atoms with Crippen LogP contribution in [0.15, 0.2) is 70.2 Å². The smallest absolute Gasteiger partial charge is 0.277 e. The Bertz CT molecular complexity index is 999. The molecule has 0 atom stereocenters. The predicted octanol–water partition coefficient (Wildman–Crippen LogP) is 5.08. The highest BCUT2D eigenvalue weighted by Crippen LogP contribution is 2.26. The monoisotopic (exact) mass is 424 g/mol. The van der Waals surface area contributed by atoms with Crippen LogP contribution in [0.1, 0.15) is 25.0 Å². The molecule has 1 N–H and O–H groups in total. The first-order valence-corrected chi connectivity index (χ1v) is 9.59. The Balaban J connectivity index is 1.60. The Morgan fingerprint density at radius 1 is 1.07 bits per heavy atom. The molecule has 3 aromatic carbocycles. The first kappa shape index (κ1) is 19.1. The van der Waals surface area contributed by atoms with Crippen molar-refractivity contribution in [2.24, 2.45) is 5.10 Å². The largest absolute Gasteiger partial charge is 0.483 e. The number of rotatable bonds is 6. The van der Waals surface area contributed by atoms with Gasteiger partial charge in [0.05, 0.1) is 10.2 Å². The molecule has 0 unspecified atom stereocenters. The normalized spacial score (nSPS) is 11.4. The van der Waals surface area contributed by atoms with E-state index in [2.05, 4.69) is 51.6 Å². The van der Waals surface area contributed by atoms with Gasteiger partial charge in [0.25, 0.3) is 5.91 Å². The number of amides is 1. The molecule has 0 aliphatic carbocycles. The van der Waals surface area contributed by atoms with Crippen LogP contribution in [0.3, 0.4) is 0 Å². The lowest BCUT2D eigenvalue weighted by atomic mass is 10.0. The third kappa shape index (κ3) is 4.95. The Kier molecular flexibility index (Phi) is 6.24. The summed E-state index contributed by atoms with van der Waals surface area (Å²) in [6, 6.07) is 20.1. The SMILES string of the molecule is CCc1ccc(OCC(=O)N/N=C(\C)c2ccc3ccccc3c2)c(Br)c1. The fourth-order valence-electron chi connectivity index (χ4n) is 2.68. The van der Waals surface area contributed by atoms with Gasteiger partial charge in [-0.15, -0.1) is 0 Å². The average molecular weight is 425 g/mol. The molecule has 0 aliphatic heterocycles. The van der Waals surface area contributed by atoms with E-state index in [1.807, 2.05) is 49.4 Å². The molecule has 0 heterocycles. The molecular weight excluding hydrogens is 404 g/mol. The quantitative estimate of drug-likeness (QED) is 0.442. The van der Waals surface area contributed by atoms with Gasteiger partial charge in [-0.1, -0.05) is 49.4 Å². The maximum atomic E-state index is 12.0. The van der Waals surface area contributed by atoms with Gasteiger partial charge in [0.1, 0.15) is 5.75 Å². The van der Waals surface area contributed by atoms with Crippen LogP contribution in [0.2, 0.25) is 0 Å². The lowest BCUT2D eigenvalue weighted by Crippen LogP contribution is -2.25. The molecule has 0 aliphatic rings. The molecular formula is C22H21BrN2O2. The second-order valence-corrected chi connectivity index (χ2v) is 7.06. The maximum Gasteiger partial charge on any atom is 0.277 e. The molecule has 27 heavy (non-hydrogen) atoms. The van der Waals surface area contributed by atoms with Crippen LogP contribution in [0.25, 0.3) is 10.8 Å². The molecule has 0 saturated heterocycles. The minimum absolute atomic E-state index is 0.0986. The summed E-state index contributed by atoms with van der Waals surface area (Å²) in [6.07, 6.45) is 0.947. The molecule has 3 rings (SSSR count). The molecule has 0 radical (unpaired) electrons. The van der Waals surface area contributed by atoms with E-state index in [1.54, 1.807) is 0 Å². The van der Waals surface area contributed by atoms with E-state index in [0.717, 1.165) is 27.6 Å². The van der Waals surface area contributed by atoms with Gasteiger partial charge in [-0.05, 0) is 69.4 Å². The zero-order valence-electron chi connectivity index (χ0n) is 15.3. The Morgan fingerprint density at radius 2 is 1.85 bits per heavy atom. The zero-order chi connectivity index (χ0) is 19.2. The van der Waals surface area contributed by atoms with Crippen molar-refractivity contribution in [2.75, 3.05) is 6.61 Å². The van der Waals surface area contributed by atoms with Gasteiger partial charge in [-0.3, -0.25) is 4.79 Å². The number of carbonyl (C=O) groups excluding carboxylic acids is 1. The highest BCUT2D eigenvalue weighted by molar-refractivity contribution is 9.10. The highest BCUT2D eigenvalue weighted by atomic mass is 79.9. The van der Waals surface area contributed by atoms with E-state index in [0.29, 0.717) is 5.75 Å². The molecule has 0 fully saturated rings. The summed E-state index contributed by atoms with van der Waals surface area (Å²) in [5.74, 6) is 0.333. The summed E-state index contributed by atoms with van der Waals surface area (Å²) in [6.45, 7) is 3.86. The molecule has 0 saturated carbocycles. The summed E-state index contributed by atoms with van der Waals surface area (Å²) in [5, 5.41) is 6.50. The number of fused-ring (bicyclic) bond motifs is 1. The number of carbonyl (C=O) groups is 1. The van der Waals surface area contributed by atoms with Gasteiger partial charge >= 0.3 is 0 Å². The van der Waals surface area contributed by atoms with Crippen LogP contribution in [-0.4, -0.2) is 18.2 Å². The van der Waals surface area contributed by atoms with Gasteiger partial charge < -0.3 is 4.74 Å². The Labute approximate surface area is 167 Å². The molecule has 138 valence electrons. The van der Waals surface area contributed by atoms with Gasteiger partial charge in [0.2, 0.25) is 0 Å². The molecule has 0 spiro atoms. The lowest BCUT2D eigenvalue weighted by molar-refractivity contribution is -0.123. The zero-order valence-corrected chi connectivity index (χ0v) is 16.9. The summed E-state index contributed by atoms with van der Waals surface area (Å²) in [7, 11) is 0. The Morgan fingerprint density at radius 3 is 2.59 bits per heavy atom. The number of nitrogens with one attached hydrogen (secondary N) is 1. The fraction of sp³-hybridized carbons (Fsp3) is 0.182. The van der Waals surface area contributed by atoms with Crippen molar-refractivity contribution in [3.05, 3.63) is 76.3 Å². The molecule has 0 bridgehead atoms. The van der Waals surface area contributed by atoms with Gasteiger partial charge in [-0.2, -0.15) is 5.10 Å². The van der Waals surface area contributed by atoms with E-state index in [4.69, 9.17) is 4.74 Å². The lowest BCUT2D eigenvalue weighted by Gasteiger charge is -2.09. The van der Waals surface area contributed by atoms with Gasteiger partial charge in [0.15, 0.2) is 6.61 Å². The maximum absolute atomic E-state index is 12.0. The minimum Gasteiger partial charge on any atom is -0.483 e. The molecule has 3 aromatic rings. The van der Waals surface area contributed by atoms with Crippen LogP contribution < -0.4 is 10.2 Å². The Hall–Kier alpha value is -2.66. The number of benzene rings is 3. The highest BCUT2D eigenvalue weighted by Gasteiger charge is 2.07. The summed E-state index contributed by atoms with van der Waals surface area (Å²) >= 11 is 3.47. The summed E-state index contributed by atoms with van der Waals surface area (Å²) in [4.78, 5) is 12.0. The fourth-order valence-corrected chi connectivity index (χ4v) is 3.22. The van der Waals surface area contributed by atoms with Crippen LogP contribution in [0.4, 0.5) is 0 Å². The average Bonchev–Trinajstić information content (AvgIpc) is 2.70. The van der Waals surface area contributed by atoms with Crippen LogP contribution in [0.5, 0.6) is 5.75 Å². The number of aryl methyl sites for hydroxylation is 1. The van der Waals surface area contributed by atoms with Crippen molar-refractivity contribution in [3.8, 4) is 5.75 Å². The number of hydrogen-bond acceptors (Lipinski definition) is 3. The van der Waals surface area contributed by atoms with E-state index in [1.165, 1.54) is 10.9 Å². The van der Waals surface area contributed by atoms with Crippen LogP contribution >= 0.6 is 15.9 Å². The molecule has 5 heteroatoms. The first-order valence-electron chi connectivity index (χ1n) is 8.80. The molecule has 4 nitrogen and oxygen atoms in total. The first-order chi connectivity index (χ1) is 13.1. The molecule has 0 aromatic heterocycles.